The summed E-state index contributed by atoms with van der Waals surface area (Å²) in [5.41, 5.74) is 2.64. The van der Waals surface area contributed by atoms with Gasteiger partial charge in [0, 0.05) is 24.8 Å². The van der Waals surface area contributed by atoms with Crippen LogP contribution in [-0.2, 0) is 11.3 Å². The van der Waals surface area contributed by atoms with Crippen molar-refractivity contribution in [2.75, 3.05) is 0 Å². The fraction of sp³-hybridized carbons (Fsp3) is 0.211. The van der Waals surface area contributed by atoms with E-state index in [0.717, 1.165) is 22.0 Å². The predicted molar refractivity (Wildman–Crippen MR) is 92.6 cm³/mol. The van der Waals surface area contributed by atoms with Gasteiger partial charge < -0.3 is 5.32 Å². The lowest BCUT2D eigenvalue weighted by Crippen LogP contribution is -2.24. The zero-order valence-corrected chi connectivity index (χ0v) is 13.8. The van der Waals surface area contributed by atoms with Crippen molar-refractivity contribution in [3.63, 3.8) is 0 Å². The van der Waals surface area contributed by atoms with Gasteiger partial charge in [0.05, 0.1) is 11.7 Å². The molecule has 0 spiro atoms. The van der Waals surface area contributed by atoms with E-state index in [4.69, 9.17) is 0 Å². The van der Waals surface area contributed by atoms with Crippen molar-refractivity contribution in [1.82, 2.24) is 15.1 Å². The summed E-state index contributed by atoms with van der Waals surface area (Å²) >= 11 is 0. The molecule has 1 aromatic heterocycles. The Morgan fingerprint density at radius 2 is 1.88 bits per heavy atom. The SMILES string of the molecule is Cc1ccc2c(cnn2C(=O)CCC(=O)NCc2ccc(F)cc2)c1. The monoisotopic (exact) mass is 339 g/mol. The van der Waals surface area contributed by atoms with Crippen LogP contribution in [0.1, 0.15) is 28.8 Å². The predicted octanol–water partition coefficient (Wildman–Crippen LogP) is 3.22. The van der Waals surface area contributed by atoms with Crippen LogP contribution >= 0.6 is 0 Å². The second-order valence-electron chi connectivity index (χ2n) is 5.92. The maximum atomic E-state index is 12.8. The van der Waals surface area contributed by atoms with Gasteiger partial charge in [0.2, 0.25) is 11.8 Å². The number of amides is 1. The van der Waals surface area contributed by atoms with Gasteiger partial charge in [-0.3, -0.25) is 9.59 Å². The van der Waals surface area contributed by atoms with Crippen LogP contribution in [0, 0.1) is 12.7 Å². The number of aromatic nitrogens is 2. The topological polar surface area (TPSA) is 64.0 Å². The van der Waals surface area contributed by atoms with E-state index in [-0.39, 0.29) is 30.5 Å². The molecule has 1 amide bonds. The Morgan fingerprint density at radius 3 is 2.64 bits per heavy atom. The van der Waals surface area contributed by atoms with E-state index < -0.39 is 0 Å². The molecule has 0 aliphatic rings. The summed E-state index contributed by atoms with van der Waals surface area (Å²) in [6.07, 6.45) is 1.79. The van der Waals surface area contributed by atoms with E-state index >= 15 is 0 Å². The first kappa shape index (κ1) is 16.8. The summed E-state index contributed by atoms with van der Waals surface area (Å²) in [4.78, 5) is 24.2. The highest BCUT2D eigenvalue weighted by Crippen LogP contribution is 2.16. The lowest BCUT2D eigenvalue weighted by molar-refractivity contribution is -0.121. The van der Waals surface area contributed by atoms with E-state index in [2.05, 4.69) is 10.4 Å². The maximum absolute atomic E-state index is 12.8. The number of benzene rings is 2. The summed E-state index contributed by atoms with van der Waals surface area (Å²) in [5, 5.41) is 7.73. The van der Waals surface area contributed by atoms with Gasteiger partial charge in [-0.1, -0.05) is 23.8 Å². The van der Waals surface area contributed by atoms with Gasteiger partial charge in [0.1, 0.15) is 5.82 Å². The van der Waals surface area contributed by atoms with Crippen LogP contribution in [0.4, 0.5) is 4.39 Å². The van der Waals surface area contributed by atoms with Gasteiger partial charge in [-0.15, -0.1) is 0 Å². The van der Waals surface area contributed by atoms with Crippen molar-refractivity contribution in [2.45, 2.75) is 26.3 Å². The van der Waals surface area contributed by atoms with Crippen LogP contribution in [-0.4, -0.2) is 21.6 Å². The average molecular weight is 339 g/mol. The number of aryl methyl sites for hydroxylation is 1. The highest BCUT2D eigenvalue weighted by atomic mass is 19.1. The summed E-state index contributed by atoms with van der Waals surface area (Å²) in [7, 11) is 0. The van der Waals surface area contributed by atoms with Gasteiger partial charge in [0.15, 0.2) is 0 Å². The van der Waals surface area contributed by atoms with E-state index in [1.165, 1.54) is 16.8 Å². The van der Waals surface area contributed by atoms with Gasteiger partial charge >= 0.3 is 0 Å². The Morgan fingerprint density at radius 1 is 1.12 bits per heavy atom. The third-order valence-electron chi connectivity index (χ3n) is 3.93. The smallest absolute Gasteiger partial charge is 0.247 e. The molecule has 0 radical (unpaired) electrons. The van der Waals surface area contributed by atoms with E-state index in [1.54, 1.807) is 18.3 Å². The Hall–Kier alpha value is -3.02. The molecule has 25 heavy (non-hydrogen) atoms. The summed E-state index contributed by atoms with van der Waals surface area (Å²) in [5.74, 6) is -0.775. The quantitative estimate of drug-likeness (QED) is 0.776. The van der Waals surface area contributed by atoms with Crippen molar-refractivity contribution in [3.8, 4) is 0 Å². The molecule has 0 atom stereocenters. The minimum absolute atomic E-state index is 0.0694. The zero-order chi connectivity index (χ0) is 17.8. The van der Waals surface area contributed by atoms with Crippen LogP contribution in [0.15, 0.2) is 48.7 Å². The third kappa shape index (κ3) is 4.09. The van der Waals surface area contributed by atoms with Gasteiger partial charge in [-0.25, -0.2) is 9.07 Å². The fourth-order valence-electron chi connectivity index (χ4n) is 2.57. The lowest BCUT2D eigenvalue weighted by atomic mass is 10.2. The second kappa shape index (κ2) is 7.25. The molecule has 1 heterocycles. The van der Waals surface area contributed by atoms with Crippen LogP contribution < -0.4 is 5.32 Å². The van der Waals surface area contributed by atoms with Gasteiger partial charge in [-0.05, 0) is 36.8 Å². The molecule has 6 heteroatoms. The highest BCUT2D eigenvalue weighted by molar-refractivity contribution is 5.92. The van der Waals surface area contributed by atoms with Crippen molar-refractivity contribution < 1.29 is 14.0 Å². The van der Waals surface area contributed by atoms with Crippen LogP contribution in [0.3, 0.4) is 0 Å². The summed E-state index contributed by atoms with van der Waals surface area (Å²) < 4.78 is 14.2. The molecule has 0 saturated carbocycles. The van der Waals surface area contributed by atoms with Crippen LogP contribution in [0.5, 0.6) is 0 Å². The molecule has 128 valence electrons. The fourth-order valence-corrected chi connectivity index (χ4v) is 2.57. The van der Waals surface area contributed by atoms with Crippen molar-refractivity contribution in [2.24, 2.45) is 0 Å². The summed E-state index contributed by atoms with van der Waals surface area (Å²) in [6.45, 7) is 2.28. The number of nitrogens with one attached hydrogen (secondary N) is 1. The molecule has 0 saturated heterocycles. The molecule has 0 fully saturated rings. The minimum atomic E-state index is -0.317. The van der Waals surface area contributed by atoms with E-state index in [9.17, 15) is 14.0 Å². The highest BCUT2D eigenvalue weighted by Gasteiger charge is 2.12. The normalized spacial score (nSPS) is 10.8. The van der Waals surface area contributed by atoms with Crippen molar-refractivity contribution >= 4 is 22.7 Å². The molecule has 1 N–H and O–H groups in total. The first-order chi connectivity index (χ1) is 12.0. The number of carbonyl (C=O) groups is 2. The molecule has 3 aromatic rings. The van der Waals surface area contributed by atoms with Crippen molar-refractivity contribution in [3.05, 3.63) is 65.6 Å². The number of halogens is 1. The zero-order valence-electron chi connectivity index (χ0n) is 13.8. The molecule has 0 unspecified atom stereocenters. The number of hydrogen-bond acceptors (Lipinski definition) is 3. The molecule has 5 nitrogen and oxygen atoms in total. The lowest BCUT2D eigenvalue weighted by Gasteiger charge is -2.06. The second-order valence-corrected chi connectivity index (χ2v) is 5.92. The molecule has 0 aliphatic carbocycles. The molecule has 3 rings (SSSR count). The number of carbonyl (C=O) groups excluding carboxylic acids is 2. The first-order valence-electron chi connectivity index (χ1n) is 8.01. The minimum Gasteiger partial charge on any atom is -0.352 e. The Balaban J connectivity index is 1.54. The standard InChI is InChI=1S/C19H18FN3O2/c1-13-2-7-17-15(10-13)12-22-23(17)19(25)9-8-18(24)21-11-14-3-5-16(20)6-4-14/h2-7,10,12H,8-9,11H2,1H3,(H,21,24). The van der Waals surface area contributed by atoms with E-state index in [0.29, 0.717) is 6.54 Å². The Kier molecular flexibility index (Phi) is 4.88. The number of hydrogen-bond donors (Lipinski definition) is 1. The molecular formula is C19H18FN3O2. The number of fused-ring (bicyclic) bond motifs is 1. The number of rotatable bonds is 5. The van der Waals surface area contributed by atoms with E-state index in [1.807, 2.05) is 25.1 Å². The van der Waals surface area contributed by atoms with Gasteiger partial charge in [-0.2, -0.15) is 5.10 Å². The van der Waals surface area contributed by atoms with Crippen LogP contribution in [0.2, 0.25) is 0 Å². The summed E-state index contributed by atoms with van der Waals surface area (Å²) in [6, 6.07) is 11.6. The average Bonchev–Trinajstić information content (AvgIpc) is 3.02. The molecular weight excluding hydrogens is 321 g/mol. The third-order valence-corrected chi connectivity index (χ3v) is 3.93. The van der Waals surface area contributed by atoms with Crippen molar-refractivity contribution in [1.29, 1.82) is 0 Å². The maximum Gasteiger partial charge on any atom is 0.247 e. The molecule has 0 bridgehead atoms. The Labute approximate surface area is 144 Å². The first-order valence-corrected chi connectivity index (χ1v) is 8.01. The largest absolute Gasteiger partial charge is 0.352 e. The Bertz CT molecular complexity index is 916. The van der Waals surface area contributed by atoms with Crippen LogP contribution in [0.25, 0.3) is 10.9 Å². The molecule has 0 aliphatic heterocycles. The number of nitrogens with zero attached hydrogens (tertiary/aromatic N) is 2. The molecule has 2 aromatic carbocycles. The van der Waals surface area contributed by atoms with Gasteiger partial charge in [0.25, 0.3) is 0 Å².